The van der Waals surface area contributed by atoms with Gasteiger partial charge in [-0.15, -0.1) is 0 Å². The Morgan fingerprint density at radius 1 is 1.03 bits per heavy atom. The van der Waals surface area contributed by atoms with Gasteiger partial charge in [-0.05, 0) is 61.4 Å². The minimum atomic E-state index is -3.43. The molecular formula is C23H32N2O3S. The van der Waals surface area contributed by atoms with E-state index in [9.17, 15) is 13.2 Å². The average molecular weight is 417 g/mol. The highest BCUT2D eigenvalue weighted by atomic mass is 32.2. The first-order valence-corrected chi connectivity index (χ1v) is 12.0. The highest BCUT2D eigenvalue weighted by Crippen LogP contribution is 2.25. The van der Waals surface area contributed by atoms with Crippen molar-refractivity contribution in [1.82, 2.24) is 0 Å². The molecule has 0 aliphatic heterocycles. The van der Waals surface area contributed by atoms with Gasteiger partial charge in [-0.3, -0.25) is 9.10 Å². The highest BCUT2D eigenvalue weighted by molar-refractivity contribution is 7.92. The number of benzene rings is 2. The van der Waals surface area contributed by atoms with Crippen LogP contribution < -0.4 is 9.62 Å². The zero-order valence-electron chi connectivity index (χ0n) is 18.1. The summed E-state index contributed by atoms with van der Waals surface area (Å²) in [5.74, 6) is -0.0879. The molecule has 0 aromatic heterocycles. The van der Waals surface area contributed by atoms with Crippen molar-refractivity contribution in [3.63, 3.8) is 0 Å². The summed E-state index contributed by atoms with van der Waals surface area (Å²) in [6.45, 7) is 8.24. The van der Waals surface area contributed by atoms with Gasteiger partial charge in [-0.25, -0.2) is 8.42 Å². The molecule has 2 aromatic rings. The molecule has 6 heteroatoms. The number of hydrogen-bond acceptors (Lipinski definition) is 3. The van der Waals surface area contributed by atoms with Crippen LogP contribution in [0.1, 0.15) is 48.9 Å². The van der Waals surface area contributed by atoms with E-state index in [1.807, 2.05) is 50.2 Å². The third kappa shape index (κ3) is 6.07. The van der Waals surface area contributed by atoms with E-state index in [0.29, 0.717) is 12.1 Å². The van der Waals surface area contributed by atoms with Crippen LogP contribution in [-0.4, -0.2) is 27.1 Å². The maximum absolute atomic E-state index is 12.6. The van der Waals surface area contributed by atoms with Gasteiger partial charge in [0.2, 0.25) is 15.9 Å². The third-order valence-corrected chi connectivity index (χ3v) is 6.24. The van der Waals surface area contributed by atoms with Crippen LogP contribution in [0, 0.1) is 13.8 Å². The fraction of sp³-hybridized carbons (Fsp3) is 0.435. The Morgan fingerprint density at radius 2 is 1.66 bits per heavy atom. The van der Waals surface area contributed by atoms with Crippen LogP contribution in [-0.2, 0) is 27.7 Å². The molecule has 29 heavy (non-hydrogen) atoms. The van der Waals surface area contributed by atoms with Gasteiger partial charge in [0.05, 0.1) is 11.9 Å². The van der Waals surface area contributed by atoms with Crippen molar-refractivity contribution in [3.05, 3.63) is 58.7 Å². The minimum absolute atomic E-state index is 0.0879. The lowest BCUT2D eigenvalue weighted by Crippen LogP contribution is -2.32. The van der Waals surface area contributed by atoms with Crippen LogP contribution in [0.3, 0.4) is 0 Å². The van der Waals surface area contributed by atoms with E-state index in [1.54, 1.807) is 0 Å². The topological polar surface area (TPSA) is 66.5 Å². The molecule has 0 unspecified atom stereocenters. The van der Waals surface area contributed by atoms with Crippen molar-refractivity contribution < 1.29 is 13.2 Å². The van der Waals surface area contributed by atoms with Crippen LogP contribution in [0.2, 0.25) is 0 Å². The molecule has 0 saturated carbocycles. The van der Waals surface area contributed by atoms with Crippen LogP contribution >= 0.6 is 0 Å². The Hall–Kier alpha value is -2.34. The fourth-order valence-corrected chi connectivity index (χ4v) is 4.46. The van der Waals surface area contributed by atoms with Crippen molar-refractivity contribution in [2.75, 3.05) is 22.4 Å². The predicted molar refractivity (Wildman–Crippen MR) is 121 cm³/mol. The highest BCUT2D eigenvalue weighted by Gasteiger charge is 2.20. The van der Waals surface area contributed by atoms with Crippen molar-refractivity contribution in [2.24, 2.45) is 0 Å². The maximum atomic E-state index is 12.6. The number of para-hydroxylation sites is 1. The number of nitrogens with one attached hydrogen (secondary N) is 1. The van der Waals surface area contributed by atoms with Gasteiger partial charge < -0.3 is 5.32 Å². The molecule has 2 aromatic carbocycles. The lowest BCUT2D eigenvalue weighted by Gasteiger charge is -2.24. The van der Waals surface area contributed by atoms with Gasteiger partial charge in [0, 0.05) is 18.7 Å². The van der Waals surface area contributed by atoms with Crippen molar-refractivity contribution in [1.29, 1.82) is 0 Å². The van der Waals surface area contributed by atoms with E-state index in [4.69, 9.17) is 0 Å². The monoisotopic (exact) mass is 416 g/mol. The number of sulfonamides is 1. The molecule has 0 atom stereocenters. The van der Waals surface area contributed by atoms with Crippen molar-refractivity contribution in [3.8, 4) is 0 Å². The number of carbonyl (C=O) groups excluding carboxylic acids is 1. The standard InChI is InChI=1S/C23H32N2O3S/c1-6-19-10-8-11-20(7-2)23(19)24-22(26)12-9-15-25(29(5,27)28)21-16-17(3)13-14-18(21)4/h8,10-11,13-14,16H,6-7,9,12,15H2,1-5H3,(H,24,26). The normalized spacial score (nSPS) is 11.3. The summed E-state index contributed by atoms with van der Waals surface area (Å²) in [4.78, 5) is 12.6. The smallest absolute Gasteiger partial charge is 0.232 e. The van der Waals surface area contributed by atoms with Gasteiger partial charge in [0.1, 0.15) is 0 Å². The third-order valence-electron chi connectivity index (χ3n) is 5.06. The zero-order valence-corrected chi connectivity index (χ0v) is 18.9. The van der Waals surface area contributed by atoms with Gasteiger partial charge in [0.15, 0.2) is 0 Å². The SMILES string of the molecule is CCc1cccc(CC)c1NC(=O)CCCN(c1cc(C)ccc1C)S(C)(=O)=O. The molecule has 158 valence electrons. The molecule has 0 radical (unpaired) electrons. The first kappa shape index (κ1) is 22.9. The molecule has 2 rings (SSSR count). The van der Waals surface area contributed by atoms with E-state index in [2.05, 4.69) is 19.2 Å². The number of anilines is 2. The second kappa shape index (κ2) is 9.92. The molecule has 0 heterocycles. The first-order chi connectivity index (χ1) is 13.7. The summed E-state index contributed by atoms with van der Waals surface area (Å²) in [7, 11) is -3.43. The lowest BCUT2D eigenvalue weighted by atomic mass is 10.0. The molecule has 0 saturated heterocycles. The van der Waals surface area contributed by atoms with Gasteiger partial charge in [-0.1, -0.05) is 44.2 Å². The van der Waals surface area contributed by atoms with Crippen LogP contribution in [0.5, 0.6) is 0 Å². The molecule has 0 aliphatic carbocycles. The second-order valence-corrected chi connectivity index (χ2v) is 9.34. The summed E-state index contributed by atoms with van der Waals surface area (Å²) in [5, 5.41) is 3.05. The summed E-state index contributed by atoms with van der Waals surface area (Å²) in [6.07, 6.45) is 3.61. The van der Waals surface area contributed by atoms with Crippen LogP contribution in [0.4, 0.5) is 11.4 Å². The summed E-state index contributed by atoms with van der Waals surface area (Å²) < 4.78 is 26.1. The number of carbonyl (C=O) groups is 1. The molecule has 1 N–H and O–H groups in total. The summed E-state index contributed by atoms with van der Waals surface area (Å²) >= 11 is 0. The molecule has 5 nitrogen and oxygen atoms in total. The van der Waals surface area contributed by atoms with E-state index in [0.717, 1.165) is 40.8 Å². The van der Waals surface area contributed by atoms with E-state index in [-0.39, 0.29) is 18.9 Å². The number of amides is 1. The molecule has 0 spiro atoms. The largest absolute Gasteiger partial charge is 0.326 e. The van der Waals surface area contributed by atoms with Gasteiger partial charge >= 0.3 is 0 Å². The number of aryl methyl sites for hydroxylation is 4. The molecule has 0 bridgehead atoms. The number of rotatable bonds is 9. The van der Waals surface area contributed by atoms with E-state index >= 15 is 0 Å². The Morgan fingerprint density at radius 3 is 2.21 bits per heavy atom. The number of hydrogen-bond donors (Lipinski definition) is 1. The second-order valence-electron chi connectivity index (χ2n) is 7.44. The quantitative estimate of drug-likeness (QED) is 0.649. The lowest BCUT2D eigenvalue weighted by molar-refractivity contribution is -0.116. The van der Waals surface area contributed by atoms with Crippen LogP contribution in [0.15, 0.2) is 36.4 Å². The fourth-order valence-electron chi connectivity index (χ4n) is 3.44. The Kier molecular flexibility index (Phi) is 7.85. The minimum Gasteiger partial charge on any atom is -0.326 e. The first-order valence-electron chi connectivity index (χ1n) is 10.1. The van der Waals surface area contributed by atoms with Gasteiger partial charge in [0.25, 0.3) is 0 Å². The molecular weight excluding hydrogens is 384 g/mol. The molecule has 0 fully saturated rings. The summed E-state index contributed by atoms with van der Waals surface area (Å²) in [6, 6.07) is 11.8. The van der Waals surface area contributed by atoms with Gasteiger partial charge in [-0.2, -0.15) is 0 Å². The van der Waals surface area contributed by atoms with Crippen LogP contribution in [0.25, 0.3) is 0 Å². The zero-order chi connectivity index (χ0) is 21.6. The van der Waals surface area contributed by atoms with E-state index in [1.165, 1.54) is 10.6 Å². The Balaban J connectivity index is 2.09. The van der Waals surface area contributed by atoms with Crippen molar-refractivity contribution >= 4 is 27.3 Å². The van der Waals surface area contributed by atoms with E-state index < -0.39 is 10.0 Å². The maximum Gasteiger partial charge on any atom is 0.232 e. The average Bonchev–Trinajstić information content (AvgIpc) is 2.66. The molecule has 0 aliphatic rings. The van der Waals surface area contributed by atoms with Crippen molar-refractivity contribution in [2.45, 2.75) is 53.4 Å². The predicted octanol–water partition coefficient (Wildman–Crippen LogP) is 4.61. The molecule has 1 amide bonds. The Bertz CT molecular complexity index is 946. The number of nitrogens with zero attached hydrogens (tertiary/aromatic N) is 1. The summed E-state index contributed by atoms with van der Waals surface area (Å²) in [5.41, 5.74) is 5.71. The Labute approximate surface area is 175 Å².